The Morgan fingerprint density at radius 3 is 2.44 bits per heavy atom. The minimum atomic E-state index is -4.33. The average Bonchev–Trinajstić information content (AvgIpc) is 2.89. The van der Waals surface area contributed by atoms with E-state index in [2.05, 4.69) is 11.8 Å². The fourth-order valence-electron chi connectivity index (χ4n) is 2.70. The number of aliphatic hydroxyl groups excluding tert-OH is 1. The van der Waals surface area contributed by atoms with Crippen LogP contribution in [0.1, 0.15) is 22.4 Å². The Kier molecular flexibility index (Phi) is 4.85. The van der Waals surface area contributed by atoms with Crippen LogP contribution in [0.3, 0.4) is 0 Å². The molecule has 0 fully saturated rings. The van der Waals surface area contributed by atoms with Crippen molar-refractivity contribution in [3.63, 3.8) is 0 Å². The van der Waals surface area contributed by atoms with Gasteiger partial charge in [0.25, 0.3) is 0 Å². The second-order valence-corrected chi connectivity index (χ2v) is 6.85. The SMILES string of the molecule is Cc1sc2cc(C#CCCO)ccc2c1-c1ccc(C(F)(F)F)cc1. The summed E-state index contributed by atoms with van der Waals surface area (Å²) < 4.78 is 39.3. The molecule has 1 nitrogen and oxygen atoms in total. The normalized spacial score (nSPS) is 11.4. The van der Waals surface area contributed by atoms with E-state index in [1.54, 1.807) is 11.3 Å². The van der Waals surface area contributed by atoms with Gasteiger partial charge in [-0.15, -0.1) is 11.3 Å². The molecule has 5 heteroatoms. The molecule has 0 unspecified atom stereocenters. The highest BCUT2D eigenvalue weighted by Crippen LogP contribution is 2.39. The third kappa shape index (κ3) is 3.71. The van der Waals surface area contributed by atoms with Crippen LogP contribution in [-0.2, 0) is 6.18 Å². The predicted molar refractivity (Wildman–Crippen MR) is 95.6 cm³/mol. The van der Waals surface area contributed by atoms with Gasteiger partial charge in [-0.25, -0.2) is 0 Å². The molecule has 0 aliphatic carbocycles. The van der Waals surface area contributed by atoms with Crippen molar-refractivity contribution in [3.8, 4) is 23.0 Å². The lowest BCUT2D eigenvalue weighted by atomic mass is 10.00. The van der Waals surface area contributed by atoms with Crippen molar-refractivity contribution in [3.05, 3.63) is 58.5 Å². The molecule has 3 aromatic rings. The van der Waals surface area contributed by atoms with Crippen molar-refractivity contribution in [2.24, 2.45) is 0 Å². The first-order valence-electron chi connectivity index (χ1n) is 7.70. The summed E-state index contributed by atoms with van der Waals surface area (Å²) in [6.07, 6.45) is -3.90. The van der Waals surface area contributed by atoms with E-state index in [0.29, 0.717) is 6.42 Å². The Morgan fingerprint density at radius 2 is 1.80 bits per heavy atom. The summed E-state index contributed by atoms with van der Waals surface area (Å²) in [5.74, 6) is 5.89. The molecule has 128 valence electrons. The van der Waals surface area contributed by atoms with Crippen LogP contribution in [0.2, 0.25) is 0 Å². The van der Waals surface area contributed by atoms with Crippen molar-refractivity contribution in [2.75, 3.05) is 6.61 Å². The lowest BCUT2D eigenvalue weighted by Gasteiger charge is -2.08. The van der Waals surface area contributed by atoms with Crippen LogP contribution in [0.25, 0.3) is 21.2 Å². The van der Waals surface area contributed by atoms with E-state index in [4.69, 9.17) is 5.11 Å². The van der Waals surface area contributed by atoms with Gasteiger partial charge in [0.15, 0.2) is 0 Å². The minimum Gasteiger partial charge on any atom is -0.395 e. The smallest absolute Gasteiger partial charge is 0.395 e. The van der Waals surface area contributed by atoms with Gasteiger partial charge in [0.1, 0.15) is 0 Å². The Morgan fingerprint density at radius 1 is 1.08 bits per heavy atom. The first-order chi connectivity index (χ1) is 11.9. The van der Waals surface area contributed by atoms with Crippen LogP contribution in [0.5, 0.6) is 0 Å². The van der Waals surface area contributed by atoms with E-state index in [1.165, 1.54) is 12.1 Å². The molecule has 1 heterocycles. The number of aliphatic hydroxyl groups is 1. The first kappa shape index (κ1) is 17.5. The number of hydrogen-bond acceptors (Lipinski definition) is 2. The van der Waals surface area contributed by atoms with Crippen LogP contribution in [-0.4, -0.2) is 11.7 Å². The standard InChI is InChI=1S/C20H15F3OS/c1-13-19(15-6-8-16(9-7-15)20(21,22)23)17-10-5-14(4-2-3-11-24)12-18(17)25-13/h5-10,12,24H,3,11H2,1H3. The van der Waals surface area contributed by atoms with Crippen LogP contribution >= 0.6 is 11.3 Å². The van der Waals surface area contributed by atoms with Crippen LogP contribution in [0, 0.1) is 18.8 Å². The molecule has 0 saturated heterocycles. The highest BCUT2D eigenvalue weighted by Gasteiger charge is 2.30. The molecule has 0 aliphatic heterocycles. The van der Waals surface area contributed by atoms with Gasteiger partial charge in [-0.1, -0.05) is 30.0 Å². The highest BCUT2D eigenvalue weighted by molar-refractivity contribution is 7.19. The third-order valence-corrected chi connectivity index (χ3v) is 4.90. The second kappa shape index (κ2) is 6.91. The zero-order valence-corrected chi connectivity index (χ0v) is 14.3. The summed E-state index contributed by atoms with van der Waals surface area (Å²) in [6.45, 7) is 2.00. The van der Waals surface area contributed by atoms with Crippen LogP contribution in [0.4, 0.5) is 13.2 Å². The van der Waals surface area contributed by atoms with Crippen molar-refractivity contribution < 1.29 is 18.3 Å². The lowest BCUT2D eigenvalue weighted by molar-refractivity contribution is -0.137. The van der Waals surface area contributed by atoms with E-state index in [1.807, 2.05) is 25.1 Å². The summed E-state index contributed by atoms with van der Waals surface area (Å²) in [5, 5.41) is 9.79. The van der Waals surface area contributed by atoms with Crippen molar-refractivity contribution >= 4 is 21.4 Å². The van der Waals surface area contributed by atoms with Crippen LogP contribution < -0.4 is 0 Å². The molecular formula is C20H15F3OS. The maximum Gasteiger partial charge on any atom is 0.416 e. The Balaban J connectivity index is 2.02. The number of thiophene rings is 1. The van der Waals surface area contributed by atoms with E-state index in [9.17, 15) is 13.2 Å². The van der Waals surface area contributed by atoms with Gasteiger partial charge in [-0.3, -0.25) is 0 Å². The minimum absolute atomic E-state index is 0.0332. The molecule has 0 saturated carbocycles. The molecule has 1 aromatic heterocycles. The molecule has 25 heavy (non-hydrogen) atoms. The summed E-state index contributed by atoms with van der Waals surface area (Å²) in [5.41, 5.74) is 1.95. The summed E-state index contributed by atoms with van der Waals surface area (Å²) in [4.78, 5) is 1.05. The van der Waals surface area contributed by atoms with Gasteiger partial charge >= 0.3 is 6.18 Å². The third-order valence-electron chi connectivity index (χ3n) is 3.84. The number of halogens is 3. The van der Waals surface area contributed by atoms with E-state index < -0.39 is 11.7 Å². The van der Waals surface area contributed by atoms with Gasteiger partial charge < -0.3 is 5.11 Å². The maximum atomic E-state index is 12.7. The number of alkyl halides is 3. The molecule has 0 amide bonds. The molecule has 0 spiro atoms. The quantitative estimate of drug-likeness (QED) is 0.587. The van der Waals surface area contributed by atoms with Crippen molar-refractivity contribution in [1.82, 2.24) is 0 Å². The molecule has 0 bridgehead atoms. The van der Waals surface area contributed by atoms with Gasteiger partial charge in [-0.05, 0) is 36.8 Å². The number of rotatable bonds is 2. The average molecular weight is 360 g/mol. The lowest BCUT2D eigenvalue weighted by Crippen LogP contribution is -2.03. The number of hydrogen-bond donors (Lipinski definition) is 1. The fourth-order valence-corrected chi connectivity index (χ4v) is 3.83. The number of fused-ring (bicyclic) bond motifs is 1. The van der Waals surface area contributed by atoms with E-state index >= 15 is 0 Å². The largest absolute Gasteiger partial charge is 0.416 e. The molecule has 0 aliphatic rings. The Bertz CT molecular complexity index is 957. The fraction of sp³-hybridized carbons (Fsp3) is 0.200. The monoisotopic (exact) mass is 360 g/mol. The molecule has 3 rings (SSSR count). The summed E-state index contributed by atoms with van der Waals surface area (Å²) >= 11 is 1.60. The zero-order valence-electron chi connectivity index (χ0n) is 13.4. The predicted octanol–water partition coefficient (Wildman–Crippen LogP) is 5.63. The summed E-state index contributed by atoms with van der Waals surface area (Å²) in [6, 6.07) is 11.1. The van der Waals surface area contributed by atoms with Gasteiger partial charge in [0.2, 0.25) is 0 Å². The molecule has 0 atom stereocenters. The van der Waals surface area contributed by atoms with E-state index in [-0.39, 0.29) is 6.61 Å². The molecule has 1 N–H and O–H groups in total. The summed E-state index contributed by atoms with van der Waals surface area (Å²) in [7, 11) is 0. The van der Waals surface area contributed by atoms with Gasteiger partial charge in [-0.2, -0.15) is 13.2 Å². The van der Waals surface area contributed by atoms with Gasteiger partial charge in [0, 0.05) is 32.5 Å². The number of benzene rings is 2. The van der Waals surface area contributed by atoms with Crippen LogP contribution in [0.15, 0.2) is 42.5 Å². The molecule has 2 aromatic carbocycles. The Hall–Kier alpha value is -2.29. The topological polar surface area (TPSA) is 20.2 Å². The van der Waals surface area contributed by atoms with E-state index in [0.717, 1.165) is 43.8 Å². The van der Waals surface area contributed by atoms with Crippen molar-refractivity contribution in [1.29, 1.82) is 0 Å². The Labute approximate surface area is 147 Å². The molecular weight excluding hydrogens is 345 g/mol. The van der Waals surface area contributed by atoms with Gasteiger partial charge in [0.05, 0.1) is 12.2 Å². The zero-order chi connectivity index (χ0) is 18.0. The molecule has 0 radical (unpaired) electrons. The maximum absolute atomic E-state index is 12.7. The highest BCUT2D eigenvalue weighted by atomic mass is 32.1. The first-order valence-corrected chi connectivity index (χ1v) is 8.52. The number of aryl methyl sites for hydroxylation is 1. The van der Waals surface area contributed by atoms with Crippen molar-refractivity contribution in [2.45, 2.75) is 19.5 Å². The second-order valence-electron chi connectivity index (χ2n) is 5.59.